The van der Waals surface area contributed by atoms with E-state index in [2.05, 4.69) is 32.2 Å². The van der Waals surface area contributed by atoms with Crippen LogP contribution in [-0.2, 0) is 17.6 Å². The second kappa shape index (κ2) is 7.13. The number of para-hydroxylation sites is 1. The summed E-state index contributed by atoms with van der Waals surface area (Å²) < 4.78 is 0. The first kappa shape index (κ1) is 15.9. The molecule has 0 radical (unpaired) electrons. The van der Waals surface area contributed by atoms with Crippen LogP contribution in [0, 0.1) is 5.92 Å². The van der Waals surface area contributed by atoms with Gasteiger partial charge in [0.05, 0.1) is 0 Å². The predicted octanol–water partition coefficient (Wildman–Crippen LogP) is 3.30. The summed E-state index contributed by atoms with van der Waals surface area (Å²) in [4.78, 5) is 18.0. The second-order valence-electron chi connectivity index (χ2n) is 6.99. The van der Waals surface area contributed by atoms with E-state index >= 15 is 0 Å². The number of carbonyl (C=O) groups excluding carboxylic acids is 1. The van der Waals surface area contributed by atoms with Crippen LogP contribution in [0.5, 0.6) is 0 Å². The van der Waals surface area contributed by atoms with Gasteiger partial charge in [-0.1, -0.05) is 18.2 Å². The van der Waals surface area contributed by atoms with Crippen LogP contribution in [0.1, 0.15) is 30.5 Å². The molecule has 1 amide bonds. The first-order valence-electron chi connectivity index (χ1n) is 9.10. The van der Waals surface area contributed by atoms with E-state index in [-0.39, 0.29) is 5.91 Å². The zero-order valence-corrected chi connectivity index (χ0v) is 14.4. The summed E-state index contributed by atoms with van der Waals surface area (Å²) in [5.74, 6) is 0.811. The molecule has 0 saturated carbocycles. The second-order valence-corrected chi connectivity index (χ2v) is 6.99. The van der Waals surface area contributed by atoms with Crippen molar-refractivity contribution in [1.29, 1.82) is 0 Å². The third kappa shape index (κ3) is 3.60. The predicted molar refractivity (Wildman–Crippen MR) is 98.2 cm³/mol. The first-order valence-corrected chi connectivity index (χ1v) is 9.10. The number of aryl methyl sites for hydroxylation is 1. The van der Waals surface area contributed by atoms with E-state index in [9.17, 15) is 4.79 Å². The van der Waals surface area contributed by atoms with E-state index in [0.29, 0.717) is 12.3 Å². The highest BCUT2D eigenvalue weighted by molar-refractivity contribution is 5.84. The van der Waals surface area contributed by atoms with Crippen molar-refractivity contribution < 1.29 is 4.79 Å². The van der Waals surface area contributed by atoms with Crippen molar-refractivity contribution in [3.63, 3.8) is 0 Å². The van der Waals surface area contributed by atoms with E-state index < -0.39 is 0 Å². The Morgan fingerprint density at radius 1 is 1.28 bits per heavy atom. The molecule has 1 aliphatic rings. The van der Waals surface area contributed by atoms with Crippen molar-refractivity contribution in [2.45, 2.75) is 32.1 Å². The minimum absolute atomic E-state index is 0.277. The number of hydrogen-bond acceptors (Lipinski definition) is 2. The molecule has 0 spiro atoms. The van der Waals surface area contributed by atoms with E-state index in [4.69, 9.17) is 0 Å². The molecule has 3 aromatic rings. The third-order valence-corrected chi connectivity index (χ3v) is 5.22. The van der Waals surface area contributed by atoms with Gasteiger partial charge in [-0.05, 0) is 49.3 Å². The zero-order valence-electron chi connectivity index (χ0n) is 14.4. The number of nitrogens with one attached hydrogen (secondary N) is 2. The smallest absolute Gasteiger partial charge is 0.222 e. The molecule has 0 aliphatic carbocycles. The number of H-pyrrole nitrogens is 2. The van der Waals surface area contributed by atoms with Gasteiger partial charge in [0.1, 0.15) is 0 Å². The molecule has 1 unspecified atom stereocenters. The average molecular weight is 336 g/mol. The van der Waals surface area contributed by atoms with Crippen LogP contribution in [-0.4, -0.2) is 39.1 Å². The average Bonchev–Trinajstić information content (AvgIpc) is 3.30. The van der Waals surface area contributed by atoms with E-state index in [1.807, 2.05) is 24.4 Å². The number of benzene rings is 1. The minimum Gasteiger partial charge on any atom is -0.361 e. The normalized spacial score (nSPS) is 17.9. The lowest BCUT2D eigenvalue weighted by molar-refractivity contribution is -0.132. The molecule has 2 aromatic heterocycles. The summed E-state index contributed by atoms with van der Waals surface area (Å²) in [6.45, 7) is 1.76. The van der Waals surface area contributed by atoms with Gasteiger partial charge in [-0.3, -0.25) is 9.89 Å². The monoisotopic (exact) mass is 336 g/mol. The molecule has 2 N–H and O–H groups in total. The number of nitrogens with zero attached hydrogens (tertiary/aromatic N) is 2. The van der Waals surface area contributed by atoms with Gasteiger partial charge < -0.3 is 9.88 Å². The Balaban J connectivity index is 1.34. The van der Waals surface area contributed by atoms with Gasteiger partial charge in [-0.2, -0.15) is 5.10 Å². The number of fused-ring (bicyclic) bond motifs is 1. The van der Waals surface area contributed by atoms with Gasteiger partial charge in [0, 0.05) is 48.5 Å². The summed E-state index contributed by atoms with van der Waals surface area (Å²) in [6, 6.07) is 10.3. The van der Waals surface area contributed by atoms with Gasteiger partial charge in [0.15, 0.2) is 0 Å². The maximum absolute atomic E-state index is 12.7. The van der Waals surface area contributed by atoms with Gasteiger partial charge in [0.2, 0.25) is 5.91 Å². The Bertz CT molecular complexity index is 836. The lowest BCUT2D eigenvalue weighted by atomic mass is 9.93. The Labute approximate surface area is 147 Å². The van der Waals surface area contributed by atoms with Crippen LogP contribution in [0.25, 0.3) is 10.9 Å². The van der Waals surface area contributed by atoms with Crippen LogP contribution >= 0.6 is 0 Å². The number of carbonyl (C=O) groups is 1. The van der Waals surface area contributed by atoms with Crippen molar-refractivity contribution in [2.24, 2.45) is 5.92 Å². The van der Waals surface area contributed by atoms with Crippen LogP contribution in [0.15, 0.2) is 42.7 Å². The highest BCUT2D eigenvalue weighted by Crippen LogP contribution is 2.22. The standard InChI is InChI=1S/C20H24N4O/c25-20(8-7-16-13-21-19-6-2-1-5-18(16)19)24-11-3-4-15(14-24)12-17-9-10-22-23-17/h1-2,5-6,9-10,13,15,21H,3-4,7-8,11-12,14H2,(H,22,23). The van der Waals surface area contributed by atoms with Crippen molar-refractivity contribution in [3.8, 4) is 0 Å². The minimum atomic E-state index is 0.277. The summed E-state index contributed by atoms with van der Waals surface area (Å²) in [5, 5.41) is 8.28. The summed E-state index contributed by atoms with van der Waals surface area (Å²) in [6.07, 6.45) is 8.47. The Hall–Kier alpha value is -2.56. The number of hydrogen-bond donors (Lipinski definition) is 2. The molecular weight excluding hydrogens is 312 g/mol. The maximum atomic E-state index is 12.7. The number of likely N-dealkylation sites (tertiary alicyclic amines) is 1. The highest BCUT2D eigenvalue weighted by Gasteiger charge is 2.24. The van der Waals surface area contributed by atoms with E-state index in [0.717, 1.165) is 43.6 Å². The molecule has 5 nitrogen and oxygen atoms in total. The molecule has 5 heteroatoms. The Morgan fingerprint density at radius 3 is 3.08 bits per heavy atom. The SMILES string of the molecule is O=C(CCc1c[nH]c2ccccc12)N1CCCC(Cc2ccn[nH]2)C1. The quantitative estimate of drug-likeness (QED) is 0.751. The fraction of sp³-hybridized carbons (Fsp3) is 0.400. The number of rotatable bonds is 5. The van der Waals surface area contributed by atoms with Crippen LogP contribution in [0.2, 0.25) is 0 Å². The summed E-state index contributed by atoms with van der Waals surface area (Å²) in [5.41, 5.74) is 3.54. The van der Waals surface area contributed by atoms with Gasteiger partial charge in [0.25, 0.3) is 0 Å². The van der Waals surface area contributed by atoms with Crippen molar-refractivity contribution >= 4 is 16.8 Å². The van der Waals surface area contributed by atoms with Crippen LogP contribution < -0.4 is 0 Å². The van der Waals surface area contributed by atoms with Crippen molar-refractivity contribution in [1.82, 2.24) is 20.1 Å². The van der Waals surface area contributed by atoms with Gasteiger partial charge in [-0.25, -0.2) is 0 Å². The molecule has 1 atom stereocenters. The van der Waals surface area contributed by atoms with Crippen molar-refractivity contribution in [2.75, 3.05) is 13.1 Å². The molecule has 4 rings (SSSR count). The van der Waals surface area contributed by atoms with Gasteiger partial charge >= 0.3 is 0 Å². The summed E-state index contributed by atoms with van der Waals surface area (Å²) >= 11 is 0. The zero-order chi connectivity index (χ0) is 17.1. The molecule has 1 aromatic carbocycles. The fourth-order valence-electron chi connectivity index (χ4n) is 3.91. The van der Waals surface area contributed by atoms with Crippen LogP contribution in [0.4, 0.5) is 0 Å². The largest absolute Gasteiger partial charge is 0.361 e. The third-order valence-electron chi connectivity index (χ3n) is 5.22. The fourth-order valence-corrected chi connectivity index (χ4v) is 3.91. The molecule has 1 fully saturated rings. The van der Waals surface area contributed by atoms with E-state index in [1.165, 1.54) is 17.4 Å². The number of aromatic nitrogens is 3. The Morgan fingerprint density at radius 2 is 2.20 bits per heavy atom. The Kier molecular flexibility index (Phi) is 4.55. The number of aromatic amines is 2. The van der Waals surface area contributed by atoms with Crippen molar-refractivity contribution in [3.05, 3.63) is 54.0 Å². The highest BCUT2D eigenvalue weighted by atomic mass is 16.2. The van der Waals surface area contributed by atoms with Gasteiger partial charge in [-0.15, -0.1) is 0 Å². The maximum Gasteiger partial charge on any atom is 0.222 e. The number of piperidine rings is 1. The molecule has 1 aliphatic heterocycles. The molecule has 25 heavy (non-hydrogen) atoms. The molecule has 0 bridgehead atoms. The molecule has 3 heterocycles. The van der Waals surface area contributed by atoms with E-state index in [1.54, 1.807) is 6.20 Å². The molecular formula is C20H24N4O. The lowest BCUT2D eigenvalue weighted by Gasteiger charge is -2.32. The molecule has 1 saturated heterocycles. The topological polar surface area (TPSA) is 64.8 Å². The summed E-state index contributed by atoms with van der Waals surface area (Å²) in [7, 11) is 0. The first-order chi connectivity index (χ1) is 12.3. The van der Waals surface area contributed by atoms with Crippen LogP contribution in [0.3, 0.4) is 0 Å². The number of amides is 1. The lowest BCUT2D eigenvalue weighted by Crippen LogP contribution is -2.40. The molecule has 130 valence electrons.